The molecule has 3 aromatic rings. The Morgan fingerprint density at radius 3 is 2.86 bits per heavy atom. The Morgan fingerprint density at radius 2 is 2.18 bits per heavy atom. The number of halogens is 1. The third kappa shape index (κ3) is 3.12. The van der Waals surface area contributed by atoms with Crippen LogP contribution in [-0.4, -0.2) is 26.5 Å². The number of nitrogens with zero attached hydrogens (tertiary/aromatic N) is 2. The lowest BCUT2D eigenvalue weighted by Gasteiger charge is -2.08. The Balaban J connectivity index is 1.95. The van der Waals surface area contributed by atoms with Crippen LogP contribution in [0.5, 0.6) is 0 Å². The number of fused-ring (bicyclic) bond motifs is 1. The van der Waals surface area contributed by atoms with Crippen LogP contribution in [0, 0.1) is 0 Å². The predicted molar refractivity (Wildman–Crippen MR) is 88.0 cm³/mol. The first-order chi connectivity index (χ1) is 10.5. The fourth-order valence-corrected chi connectivity index (χ4v) is 3.83. The molecule has 22 heavy (non-hydrogen) atoms. The van der Waals surface area contributed by atoms with Crippen molar-refractivity contribution in [2.24, 2.45) is 5.73 Å². The Bertz CT molecular complexity index is 813. The highest BCUT2D eigenvalue weighted by molar-refractivity contribution is 7.99. The highest BCUT2D eigenvalue weighted by atomic mass is 35.5. The van der Waals surface area contributed by atoms with Crippen LogP contribution in [0.2, 0.25) is 5.02 Å². The van der Waals surface area contributed by atoms with Crippen molar-refractivity contribution in [2.45, 2.75) is 22.4 Å². The van der Waals surface area contributed by atoms with E-state index in [4.69, 9.17) is 22.4 Å². The Kier molecular flexibility index (Phi) is 4.39. The van der Waals surface area contributed by atoms with Gasteiger partial charge in [-0.15, -0.1) is 11.3 Å². The fraction of sp³-hybridized carbons (Fsp3) is 0.143. The van der Waals surface area contributed by atoms with Crippen LogP contribution < -0.4 is 5.73 Å². The number of carbonyl (C=O) groups is 1. The molecule has 0 saturated heterocycles. The van der Waals surface area contributed by atoms with Gasteiger partial charge in [-0.25, -0.2) is 4.98 Å². The van der Waals surface area contributed by atoms with Crippen molar-refractivity contribution in [1.82, 2.24) is 9.38 Å². The van der Waals surface area contributed by atoms with Crippen molar-refractivity contribution in [3.05, 3.63) is 46.6 Å². The lowest BCUT2D eigenvalue weighted by molar-refractivity contribution is -0.138. The summed E-state index contributed by atoms with van der Waals surface area (Å²) < 4.78 is 1.89. The summed E-state index contributed by atoms with van der Waals surface area (Å²) in [4.78, 5) is 17.4. The molecule has 0 saturated carbocycles. The number of rotatable bonds is 5. The maximum Gasteiger partial charge on any atom is 0.320 e. The Labute approximate surface area is 139 Å². The molecule has 0 aliphatic rings. The first-order valence-corrected chi connectivity index (χ1v) is 8.48. The largest absolute Gasteiger partial charge is 0.480 e. The standard InChI is InChI=1S/C14H12ClN3O2S2/c15-8-1-3-9(4-2-8)22-12-11(7-10(16)13(19)20)18-5-6-21-14(18)17-12/h1-6,10H,7,16H2,(H,19,20). The summed E-state index contributed by atoms with van der Waals surface area (Å²) >= 11 is 8.86. The molecule has 114 valence electrons. The lowest BCUT2D eigenvalue weighted by atomic mass is 10.2. The molecule has 5 nitrogen and oxygen atoms in total. The van der Waals surface area contributed by atoms with Crippen molar-refractivity contribution >= 4 is 45.6 Å². The summed E-state index contributed by atoms with van der Waals surface area (Å²) in [5.41, 5.74) is 6.50. The van der Waals surface area contributed by atoms with E-state index in [2.05, 4.69) is 4.98 Å². The van der Waals surface area contributed by atoms with Crippen LogP contribution in [-0.2, 0) is 11.2 Å². The molecule has 0 bridgehead atoms. The van der Waals surface area contributed by atoms with E-state index in [1.54, 1.807) is 0 Å². The Morgan fingerprint density at radius 1 is 1.45 bits per heavy atom. The van der Waals surface area contributed by atoms with E-state index >= 15 is 0 Å². The summed E-state index contributed by atoms with van der Waals surface area (Å²) in [6.07, 6.45) is 2.10. The zero-order chi connectivity index (χ0) is 15.7. The minimum Gasteiger partial charge on any atom is -0.480 e. The number of benzene rings is 1. The number of carboxylic acid groups (broad SMARTS) is 1. The van der Waals surface area contributed by atoms with E-state index in [0.29, 0.717) is 5.02 Å². The van der Waals surface area contributed by atoms with E-state index in [-0.39, 0.29) is 6.42 Å². The van der Waals surface area contributed by atoms with Crippen LogP contribution in [0.25, 0.3) is 4.96 Å². The van der Waals surface area contributed by atoms with Crippen LogP contribution in [0.15, 0.2) is 45.8 Å². The third-order valence-corrected chi connectivity index (χ3v) is 5.12. The number of hydrogen-bond acceptors (Lipinski definition) is 5. The number of thiazole rings is 1. The van der Waals surface area contributed by atoms with Gasteiger partial charge in [-0.2, -0.15) is 0 Å². The van der Waals surface area contributed by atoms with Gasteiger partial charge in [0.2, 0.25) is 0 Å². The molecule has 0 spiro atoms. The third-order valence-electron chi connectivity index (χ3n) is 3.08. The molecule has 1 aromatic carbocycles. The first kappa shape index (κ1) is 15.4. The normalized spacial score (nSPS) is 12.6. The molecule has 2 heterocycles. The van der Waals surface area contributed by atoms with Gasteiger partial charge < -0.3 is 10.8 Å². The second kappa shape index (κ2) is 6.29. The van der Waals surface area contributed by atoms with Crippen molar-refractivity contribution in [3.63, 3.8) is 0 Å². The number of aromatic nitrogens is 2. The van der Waals surface area contributed by atoms with E-state index in [9.17, 15) is 4.79 Å². The lowest BCUT2D eigenvalue weighted by Crippen LogP contribution is -2.32. The van der Waals surface area contributed by atoms with Gasteiger partial charge in [-0.1, -0.05) is 23.4 Å². The molecule has 0 amide bonds. The van der Waals surface area contributed by atoms with Crippen LogP contribution >= 0.6 is 34.7 Å². The quantitative estimate of drug-likeness (QED) is 0.736. The molecular formula is C14H12ClN3O2S2. The van der Waals surface area contributed by atoms with Gasteiger partial charge in [0.25, 0.3) is 0 Å². The monoisotopic (exact) mass is 353 g/mol. The zero-order valence-electron chi connectivity index (χ0n) is 11.3. The maximum atomic E-state index is 11.0. The van der Waals surface area contributed by atoms with E-state index < -0.39 is 12.0 Å². The fourth-order valence-electron chi connectivity index (χ4n) is 1.99. The topological polar surface area (TPSA) is 80.6 Å². The number of hydrogen-bond donors (Lipinski definition) is 2. The minimum absolute atomic E-state index is 0.225. The van der Waals surface area contributed by atoms with Gasteiger partial charge in [0.15, 0.2) is 4.96 Å². The van der Waals surface area contributed by atoms with Gasteiger partial charge in [-0.05, 0) is 24.3 Å². The summed E-state index contributed by atoms with van der Waals surface area (Å²) in [5, 5.41) is 12.4. The highest BCUT2D eigenvalue weighted by Crippen LogP contribution is 2.32. The maximum absolute atomic E-state index is 11.0. The Hall–Kier alpha value is -1.54. The SMILES string of the molecule is NC(Cc1c(Sc2ccc(Cl)cc2)nc2sccn12)C(=O)O. The summed E-state index contributed by atoms with van der Waals surface area (Å²) in [6.45, 7) is 0. The summed E-state index contributed by atoms with van der Waals surface area (Å²) in [7, 11) is 0. The van der Waals surface area contributed by atoms with Crippen molar-refractivity contribution in [1.29, 1.82) is 0 Å². The molecule has 0 aliphatic heterocycles. The van der Waals surface area contributed by atoms with Gasteiger partial charge in [0, 0.05) is 27.9 Å². The molecule has 1 atom stereocenters. The molecule has 0 radical (unpaired) electrons. The van der Waals surface area contributed by atoms with Gasteiger partial charge in [-0.3, -0.25) is 9.20 Å². The van der Waals surface area contributed by atoms with Crippen molar-refractivity contribution in [3.8, 4) is 0 Å². The van der Waals surface area contributed by atoms with Crippen LogP contribution in [0.4, 0.5) is 0 Å². The molecule has 3 rings (SSSR count). The smallest absolute Gasteiger partial charge is 0.320 e. The zero-order valence-corrected chi connectivity index (χ0v) is 13.7. The molecule has 3 N–H and O–H groups in total. The number of carboxylic acids is 1. The minimum atomic E-state index is -1.02. The van der Waals surface area contributed by atoms with Crippen LogP contribution in [0.3, 0.4) is 0 Å². The molecule has 2 aromatic heterocycles. The molecule has 8 heteroatoms. The highest BCUT2D eigenvalue weighted by Gasteiger charge is 2.20. The number of nitrogens with two attached hydrogens (primary N) is 1. The second-order valence-corrected chi connectivity index (χ2v) is 7.00. The molecule has 0 aliphatic carbocycles. The van der Waals surface area contributed by atoms with E-state index in [1.165, 1.54) is 23.1 Å². The number of aliphatic carboxylic acids is 1. The average Bonchev–Trinajstić information content (AvgIpc) is 3.04. The van der Waals surface area contributed by atoms with E-state index in [0.717, 1.165) is 20.6 Å². The first-order valence-electron chi connectivity index (χ1n) is 6.41. The van der Waals surface area contributed by atoms with Crippen molar-refractivity contribution < 1.29 is 9.90 Å². The summed E-state index contributed by atoms with van der Waals surface area (Å²) in [5.74, 6) is -1.02. The van der Waals surface area contributed by atoms with Gasteiger partial charge >= 0.3 is 5.97 Å². The predicted octanol–water partition coefficient (Wildman–Crippen LogP) is 3.15. The van der Waals surface area contributed by atoms with Crippen molar-refractivity contribution in [2.75, 3.05) is 0 Å². The number of imidazole rings is 1. The molecule has 0 fully saturated rings. The second-order valence-electron chi connectivity index (χ2n) is 4.62. The van der Waals surface area contributed by atoms with Crippen LogP contribution in [0.1, 0.15) is 5.69 Å². The average molecular weight is 354 g/mol. The molecular weight excluding hydrogens is 342 g/mol. The molecule has 1 unspecified atom stereocenters. The van der Waals surface area contributed by atoms with Gasteiger partial charge in [0.05, 0.1) is 5.69 Å². The summed E-state index contributed by atoms with van der Waals surface area (Å²) in [6, 6.07) is 6.47. The van der Waals surface area contributed by atoms with Gasteiger partial charge in [0.1, 0.15) is 11.1 Å². The van der Waals surface area contributed by atoms with E-state index in [1.807, 2.05) is 40.2 Å².